The van der Waals surface area contributed by atoms with Crippen LogP contribution < -0.4 is 14.9 Å². The molecule has 0 amide bonds. The van der Waals surface area contributed by atoms with Gasteiger partial charge in [-0.1, -0.05) is 51.5 Å². The first-order valence-electron chi connectivity index (χ1n) is 11.8. The smallest absolute Gasteiger partial charge is 0.416 e. The van der Waals surface area contributed by atoms with E-state index in [0.717, 1.165) is 27.9 Å². The highest BCUT2D eigenvalue weighted by molar-refractivity contribution is 9.10. The van der Waals surface area contributed by atoms with Gasteiger partial charge >= 0.3 is 12.1 Å². The fourth-order valence-corrected chi connectivity index (χ4v) is 5.61. The minimum Gasteiger partial charge on any atom is -0.463 e. The number of furan rings is 1. The van der Waals surface area contributed by atoms with Crippen molar-refractivity contribution in [2.24, 2.45) is 4.99 Å². The molecule has 2 aromatic heterocycles. The van der Waals surface area contributed by atoms with Gasteiger partial charge < -0.3 is 9.15 Å². The van der Waals surface area contributed by atoms with Gasteiger partial charge in [0.1, 0.15) is 11.5 Å². The summed E-state index contributed by atoms with van der Waals surface area (Å²) in [4.78, 5) is 31.5. The van der Waals surface area contributed by atoms with Gasteiger partial charge in [-0.25, -0.2) is 9.79 Å². The Morgan fingerprint density at radius 2 is 1.92 bits per heavy atom. The van der Waals surface area contributed by atoms with E-state index in [1.807, 2.05) is 24.3 Å². The molecule has 0 saturated heterocycles. The molecule has 1 atom stereocenters. The number of aromatic nitrogens is 1. The largest absolute Gasteiger partial charge is 0.463 e. The minimum atomic E-state index is -4.48. The minimum absolute atomic E-state index is 0.166. The van der Waals surface area contributed by atoms with Crippen molar-refractivity contribution in [3.05, 3.63) is 113 Å². The first-order chi connectivity index (χ1) is 18.6. The zero-order valence-corrected chi connectivity index (χ0v) is 23.0. The van der Waals surface area contributed by atoms with Crippen LogP contribution in [0.1, 0.15) is 36.8 Å². The van der Waals surface area contributed by atoms with Gasteiger partial charge in [-0.3, -0.25) is 9.36 Å². The molecule has 0 saturated carbocycles. The zero-order valence-electron chi connectivity index (χ0n) is 20.6. The Labute approximate surface area is 232 Å². The number of carbonyl (C=O) groups is 1. The third kappa shape index (κ3) is 5.28. The Hall–Kier alpha value is -3.70. The molecular formula is C28H20BrF3N2O4S. The summed E-state index contributed by atoms with van der Waals surface area (Å²) in [6, 6.07) is 14.5. The van der Waals surface area contributed by atoms with Crippen LogP contribution >= 0.6 is 27.3 Å². The Morgan fingerprint density at radius 3 is 2.62 bits per heavy atom. The summed E-state index contributed by atoms with van der Waals surface area (Å²) in [6.45, 7) is 3.57. The summed E-state index contributed by atoms with van der Waals surface area (Å²) in [7, 11) is 0. The van der Waals surface area contributed by atoms with Crippen LogP contribution in [0.2, 0.25) is 0 Å². The maximum atomic E-state index is 13.7. The van der Waals surface area contributed by atoms with Crippen molar-refractivity contribution in [2.75, 3.05) is 6.61 Å². The lowest BCUT2D eigenvalue weighted by atomic mass is 9.96. The summed E-state index contributed by atoms with van der Waals surface area (Å²) >= 11 is 4.53. The molecule has 11 heteroatoms. The fourth-order valence-electron chi connectivity index (χ4n) is 4.32. The Balaban J connectivity index is 1.60. The third-order valence-electron chi connectivity index (χ3n) is 6.08. The average molecular weight is 617 g/mol. The predicted octanol–water partition coefficient (Wildman–Crippen LogP) is 5.84. The molecule has 39 heavy (non-hydrogen) atoms. The summed E-state index contributed by atoms with van der Waals surface area (Å²) in [5.74, 6) is -0.0415. The summed E-state index contributed by atoms with van der Waals surface area (Å²) in [5.41, 5.74) is 0.496. The molecular weight excluding hydrogens is 597 g/mol. The maximum absolute atomic E-state index is 13.7. The van der Waals surface area contributed by atoms with Crippen LogP contribution in [-0.4, -0.2) is 17.1 Å². The van der Waals surface area contributed by atoms with Crippen LogP contribution in [0.4, 0.5) is 13.2 Å². The van der Waals surface area contributed by atoms with Crippen LogP contribution in [0.3, 0.4) is 0 Å². The number of hydrogen-bond donors (Lipinski definition) is 0. The third-order valence-corrected chi connectivity index (χ3v) is 7.59. The maximum Gasteiger partial charge on any atom is 0.416 e. The number of carbonyl (C=O) groups excluding carboxylic acids is 1. The number of allylic oxidation sites excluding steroid dienone is 1. The number of halogens is 4. The van der Waals surface area contributed by atoms with Crippen molar-refractivity contribution >= 4 is 39.3 Å². The molecule has 200 valence electrons. The summed E-state index contributed by atoms with van der Waals surface area (Å²) in [6.07, 6.45) is -2.96. The lowest BCUT2D eigenvalue weighted by Gasteiger charge is -2.24. The first-order valence-corrected chi connectivity index (χ1v) is 13.4. The molecule has 5 rings (SSSR count). The van der Waals surface area contributed by atoms with E-state index in [4.69, 9.17) is 9.15 Å². The molecule has 4 aromatic rings. The highest BCUT2D eigenvalue weighted by Crippen LogP contribution is 2.33. The van der Waals surface area contributed by atoms with E-state index in [0.29, 0.717) is 20.6 Å². The second kappa shape index (κ2) is 10.5. The highest BCUT2D eigenvalue weighted by Gasteiger charge is 2.33. The molecule has 1 aliphatic rings. The Bertz CT molecular complexity index is 1780. The van der Waals surface area contributed by atoms with Crippen molar-refractivity contribution < 1.29 is 27.1 Å². The van der Waals surface area contributed by atoms with Crippen LogP contribution in [0, 0.1) is 0 Å². The molecule has 0 fully saturated rings. The van der Waals surface area contributed by atoms with E-state index in [1.54, 1.807) is 26.0 Å². The van der Waals surface area contributed by atoms with E-state index < -0.39 is 29.3 Å². The topological polar surface area (TPSA) is 73.8 Å². The predicted molar refractivity (Wildman–Crippen MR) is 144 cm³/mol. The molecule has 0 bridgehead atoms. The fraction of sp³-hybridized carbons (Fsp3) is 0.179. The van der Waals surface area contributed by atoms with Crippen molar-refractivity contribution in [3.8, 4) is 11.3 Å². The lowest BCUT2D eigenvalue weighted by Crippen LogP contribution is -2.39. The first kappa shape index (κ1) is 26.9. The monoisotopic (exact) mass is 616 g/mol. The Kier molecular flexibility index (Phi) is 7.21. The van der Waals surface area contributed by atoms with Crippen LogP contribution in [0.15, 0.2) is 90.6 Å². The van der Waals surface area contributed by atoms with Gasteiger partial charge in [-0.2, -0.15) is 13.2 Å². The van der Waals surface area contributed by atoms with Crippen molar-refractivity contribution in [2.45, 2.75) is 26.1 Å². The molecule has 0 radical (unpaired) electrons. The van der Waals surface area contributed by atoms with E-state index >= 15 is 0 Å². The summed E-state index contributed by atoms with van der Waals surface area (Å²) in [5, 5.41) is 0. The number of fused-ring (bicyclic) bond motifs is 1. The normalized spacial score (nSPS) is 15.7. The quantitative estimate of drug-likeness (QED) is 0.264. The molecule has 6 nitrogen and oxygen atoms in total. The molecule has 1 aliphatic heterocycles. The number of nitrogens with zero attached hydrogens (tertiary/aromatic N) is 2. The van der Waals surface area contributed by atoms with Crippen LogP contribution in [0.5, 0.6) is 0 Å². The van der Waals surface area contributed by atoms with Crippen LogP contribution in [0.25, 0.3) is 17.4 Å². The summed E-state index contributed by atoms with van der Waals surface area (Å²) < 4.78 is 53.1. The van der Waals surface area contributed by atoms with E-state index in [-0.39, 0.29) is 29.3 Å². The van der Waals surface area contributed by atoms with Crippen molar-refractivity contribution in [1.29, 1.82) is 0 Å². The number of thiazole rings is 1. The van der Waals surface area contributed by atoms with Crippen molar-refractivity contribution in [3.63, 3.8) is 0 Å². The van der Waals surface area contributed by atoms with E-state index in [9.17, 15) is 22.8 Å². The Morgan fingerprint density at radius 1 is 1.18 bits per heavy atom. The van der Waals surface area contributed by atoms with Gasteiger partial charge in [0.05, 0.1) is 34.0 Å². The average Bonchev–Trinajstić information content (AvgIpc) is 3.48. The zero-order chi connectivity index (χ0) is 27.9. The molecule has 3 heterocycles. The standard InChI is InChI=1S/C28H20BrF3N2O4S/c1-3-37-26(36)23-15(2)33-27-34(24(23)16-7-9-19(29)10-8-16)25(35)22(39-27)14-20-11-12-21(38-20)17-5-4-6-18(13-17)28(30,31)32/h4-14,24H,3H2,1-2H3/t24-/m0/s1. The van der Waals surface area contributed by atoms with Gasteiger partial charge in [0, 0.05) is 16.1 Å². The van der Waals surface area contributed by atoms with Crippen molar-refractivity contribution in [1.82, 2.24) is 4.57 Å². The number of ether oxygens (including phenoxy) is 1. The van der Waals surface area contributed by atoms with Gasteiger partial charge in [-0.15, -0.1) is 0 Å². The highest BCUT2D eigenvalue weighted by atomic mass is 79.9. The second-order valence-electron chi connectivity index (χ2n) is 8.63. The number of esters is 1. The van der Waals surface area contributed by atoms with Crippen LogP contribution in [-0.2, 0) is 15.7 Å². The molecule has 0 N–H and O–H groups in total. The molecule has 2 aromatic carbocycles. The van der Waals surface area contributed by atoms with E-state index in [2.05, 4.69) is 20.9 Å². The van der Waals surface area contributed by atoms with Gasteiger partial charge in [-0.05, 0) is 55.8 Å². The van der Waals surface area contributed by atoms with Gasteiger partial charge in [0.25, 0.3) is 5.56 Å². The van der Waals surface area contributed by atoms with Gasteiger partial charge in [0.2, 0.25) is 0 Å². The van der Waals surface area contributed by atoms with E-state index in [1.165, 1.54) is 22.8 Å². The molecule has 0 aliphatic carbocycles. The number of alkyl halides is 3. The molecule has 0 unspecified atom stereocenters. The lowest BCUT2D eigenvalue weighted by molar-refractivity contribution is -0.139. The SMILES string of the molecule is CCOC(=O)C1=C(C)N=c2sc(=Cc3ccc(-c4cccc(C(F)(F)F)c4)o3)c(=O)n2[C@H]1c1ccc(Br)cc1. The number of benzene rings is 2. The molecule has 0 spiro atoms. The number of hydrogen-bond acceptors (Lipinski definition) is 6. The second-order valence-corrected chi connectivity index (χ2v) is 10.6. The van der Waals surface area contributed by atoms with Gasteiger partial charge in [0.15, 0.2) is 4.80 Å². The number of rotatable bonds is 5.